The maximum absolute atomic E-state index is 11.7. The van der Waals surface area contributed by atoms with Crippen LogP contribution in [-0.4, -0.2) is 44.2 Å². The monoisotopic (exact) mass is 241 g/mol. The molecule has 0 saturated carbocycles. The Morgan fingerprint density at radius 1 is 1.31 bits per heavy atom. The van der Waals surface area contributed by atoms with E-state index < -0.39 is 37.1 Å². The molecule has 0 spiro atoms. The summed E-state index contributed by atoms with van der Waals surface area (Å²) in [5, 5.41) is 6.45. The van der Waals surface area contributed by atoms with Crippen molar-refractivity contribution in [3.8, 4) is 0 Å². The topological polar surface area (TPSA) is 70.2 Å². The third-order valence-corrected chi connectivity index (χ3v) is 1.63. The lowest BCUT2D eigenvalue weighted by atomic mass is 10.3. The van der Waals surface area contributed by atoms with Gasteiger partial charge in [-0.3, -0.25) is 9.59 Å². The second-order valence-electron chi connectivity index (χ2n) is 3.12. The summed E-state index contributed by atoms with van der Waals surface area (Å²) in [6.07, 6.45) is -4.35. The van der Waals surface area contributed by atoms with Gasteiger partial charge < -0.3 is 16.0 Å². The predicted molar refractivity (Wildman–Crippen MR) is 50.6 cm³/mol. The van der Waals surface area contributed by atoms with Crippen LogP contribution in [0.25, 0.3) is 0 Å². The standard InChI is InChI=1S/C8H14F3N3O2/c1-5(7(16)12-2)14-6(15)3-13-4-8(9,10)11/h5,13H,3-4H2,1-2H3,(H,12,16)(H,14,15). The number of rotatable bonds is 5. The van der Waals surface area contributed by atoms with Crippen molar-refractivity contribution in [3.05, 3.63) is 0 Å². The zero-order valence-electron chi connectivity index (χ0n) is 8.94. The van der Waals surface area contributed by atoms with Crippen LogP contribution in [0.4, 0.5) is 13.2 Å². The number of likely N-dealkylation sites (N-methyl/N-ethyl adjacent to an activating group) is 1. The highest BCUT2D eigenvalue weighted by Crippen LogP contribution is 2.11. The van der Waals surface area contributed by atoms with E-state index in [-0.39, 0.29) is 0 Å². The first-order valence-corrected chi connectivity index (χ1v) is 4.54. The van der Waals surface area contributed by atoms with E-state index >= 15 is 0 Å². The summed E-state index contributed by atoms with van der Waals surface area (Å²) < 4.78 is 35.1. The van der Waals surface area contributed by atoms with Gasteiger partial charge in [-0.15, -0.1) is 0 Å². The first kappa shape index (κ1) is 14.7. The number of amides is 2. The Morgan fingerprint density at radius 3 is 2.31 bits per heavy atom. The minimum Gasteiger partial charge on any atom is -0.357 e. The van der Waals surface area contributed by atoms with Gasteiger partial charge >= 0.3 is 6.18 Å². The molecule has 0 rings (SSSR count). The molecule has 0 aromatic carbocycles. The van der Waals surface area contributed by atoms with Gasteiger partial charge in [0.2, 0.25) is 11.8 Å². The molecule has 0 aromatic heterocycles. The fourth-order valence-corrected chi connectivity index (χ4v) is 0.892. The lowest BCUT2D eigenvalue weighted by Gasteiger charge is -2.13. The van der Waals surface area contributed by atoms with Gasteiger partial charge in [0.15, 0.2) is 0 Å². The van der Waals surface area contributed by atoms with E-state index in [1.165, 1.54) is 14.0 Å². The zero-order chi connectivity index (χ0) is 12.8. The molecule has 1 atom stereocenters. The van der Waals surface area contributed by atoms with Crippen LogP contribution in [0.15, 0.2) is 0 Å². The van der Waals surface area contributed by atoms with E-state index in [1.54, 1.807) is 0 Å². The van der Waals surface area contributed by atoms with Gasteiger partial charge in [0.05, 0.1) is 13.1 Å². The van der Waals surface area contributed by atoms with Gasteiger partial charge in [-0.25, -0.2) is 0 Å². The van der Waals surface area contributed by atoms with Crippen molar-refractivity contribution in [1.29, 1.82) is 0 Å². The van der Waals surface area contributed by atoms with E-state index in [4.69, 9.17) is 0 Å². The van der Waals surface area contributed by atoms with E-state index in [9.17, 15) is 22.8 Å². The second-order valence-corrected chi connectivity index (χ2v) is 3.12. The molecule has 8 heteroatoms. The molecule has 94 valence electrons. The van der Waals surface area contributed by atoms with E-state index in [0.29, 0.717) is 0 Å². The van der Waals surface area contributed by atoms with E-state index in [2.05, 4.69) is 10.6 Å². The average molecular weight is 241 g/mol. The van der Waals surface area contributed by atoms with Gasteiger partial charge in [0, 0.05) is 7.05 Å². The molecular weight excluding hydrogens is 227 g/mol. The molecular formula is C8H14F3N3O2. The highest BCUT2D eigenvalue weighted by molar-refractivity contribution is 5.87. The average Bonchev–Trinajstić information content (AvgIpc) is 2.14. The Labute approximate surface area is 90.8 Å². The number of hydrogen-bond acceptors (Lipinski definition) is 3. The van der Waals surface area contributed by atoms with Crippen molar-refractivity contribution in [2.75, 3.05) is 20.1 Å². The van der Waals surface area contributed by atoms with Crippen LogP contribution < -0.4 is 16.0 Å². The minimum absolute atomic E-state index is 0.413. The van der Waals surface area contributed by atoms with Crippen LogP contribution in [0, 0.1) is 0 Å². The fourth-order valence-electron chi connectivity index (χ4n) is 0.892. The van der Waals surface area contributed by atoms with E-state index in [0.717, 1.165) is 0 Å². The molecule has 3 N–H and O–H groups in total. The van der Waals surface area contributed by atoms with Crippen molar-refractivity contribution < 1.29 is 22.8 Å². The Morgan fingerprint density at radius 2 is 1.88 bits per heavy atom. The van der Waals surface area contributed by atoms with Crippen LogP contribution in [0.2, 0.25) is 0 Å². The summed E-state index contributed by atoms with van der Waals surface area (Å²) in [6.45, 7) is -0.296. The smallest absolute Gasteiger partial charge is 0.357 e. The number of hydrogen-bond donors (Lipinski definition) is 3. The molecule has 16 heavy (non-hydrogen) atoms. The second kappa shape index (κ2) is 6.31. The van der Waals surface area contributed by atoms with Crippen LogP contribution in [-0.2, 0) is 9.59 Å². The molecule has 0 aromatic rings. The van der Waals surface area contributed by atoms with Crippen molar-refractivity contribution in [1.82, 2.24) is 16.0 Å². The SMILES string of the molecule is CNC(=O)C(C)NC(=O)CNCC(F)(F)F. The van der Waals surface area contributed by atoms with Crippen molar-refractivity contribution in [2.45, 2.75) is 19.1 Å². The number of halogens is 3. The maximum atomic E-state index is 11.7. The van der Waals surface area contributed by atoms with Gasteiger partial charge in [0.25, 0.3) is 0 Å². The summed E-state index contributed by atoms with van der Waals surface area (Å²) in [6, 6.07) is -0.773. The third-order valence-electron chi connectivity index (χ3n) is 1.63. The third kappa shape index (κ3) is 7.04. The Kier molecular flexibility index (Phi) is 5.79. The molecule has 1 unspecified atom stereocenters. The predicted octanol–water partition coefficient (Wildman–Crippen LogP) is -0.611. The summed E-state index contributed by atoms with van der Waals surface area (Å²) >= 11 is 0. The molecule has 0 heterocycles. The van der Waals surface area contributed by atoms with Crippen LogP contribution >= 0.6 is 0 Å². The van der Waals surface area contributed by atoms with Crippen molar-refractivity contribution in [2.24, 2.45) is 0 Å². The van der Waals surface area contributed by atoms with Crippen LogP contribution in [0.1, 0.15) is 6.92 Å². The summed E-state index contributed by atoms with van der Waals surface area (Å²) in [4.78, 5) is 22.0. The Hall–Kier alpha value is -1.31. The molecule has 5 nitrogen and oxygen atoms in total. The quantitative estimate of drug-likeness (QED) is 0.601. The molecule has 0 bridgehead atoms. The molecule has 0 aliphatic heterocycles. The minimum atomic E-state index is -4.35. The van der Waals surface area contributed by atoms with Gasteiger partial charge in [-0.2, -0.15) is 13.2 Å². The van der Waals surface area contributed by atoms with Gasteiger partial charge in [0.1, 0.15) is 6.04 Å². The summed E-state index contributed by atoms with van der Waals surface area (Å²) in [5.74, 6) is -1.08. The first-order chi connectivity index (χ1) is 7.26. The van der Waals surface area contributed by atoms with Crippen molar-refractivity contribution >= 4 is 11.8 Å². The molecule has 0 saturated heterocycles. The molecule has 0 radical (unpaired) electrons. The normalized spacial score (nSPS) is 13.1. The zero-order valence-corrected chi connectivity index (χ0v) is 8.94. The van der Waals surface area contributed by atoms with Gasteiger partial charge in [-0.1, -0.05) is 0 Å². The van der Waals surface area contributed by atoms with Crippen molar-refractivity contribution in [3.63, 3.8) is 0 Å². The fraction of sp³-hybridized carbons (Fsp3) is 0.750. The molecule has 0 fully saturated rings. The lowest BCUT2D eigenvalue weighted by molar-refractivity contribution is -0.131. The number of carbonyl (C=O) groups excluding carboxylic acids is 2. The van der Waals surface area contributed by atoms with Gasteiger partial charge in [-0.05, 0) is 6.92 Å². The lowest BCUT2D eigenvalue weighted by Crippen LogP contribution is -2.47. The number of alkyl halides is 3. The largest absolute Gasteiger partial charge is 0.401 e. The van der Waals surface area contributed by atoms with Crippen LogP contribution in [0.5, 0.6) is 0 Å². The number of nitrogens with one attached hydrogen (secondary N) is 3. The Bertz CT molecular complexity index is 255. The highest BCUT2D eigenvalue weighted by atomic mass is 19.4. The van der Waals surface area contributed by atoms with Crippen LogP contribution in [0.3, 0.4) is 0 Å². The maximum Gasteiger partial charge on any atom is 0.401 e. The molecule has 0 aliphatic rings. The number of carbonyl (C=O) groups is 2. The first-order valence-electron chi connectivity index (χ1n) is 4.54. The molecule has 2 amide bonds. The summed E-state index contributed by atoms with van der Waals surface area (Å²) in [5.41, 5.74) is 0. The highest BCUT2D eigenvalue weighted by Gasteiger charge is 2.26. The Balaban J connectivity index is 3.79. The molecule has 0 aliphatic carbocycles. The van der Waals surface area contributed by atoms with E-state index in [1.807, 2.05) is 5.32 Å². The summed E-state index contributed by atoms with van der Waals surface area (Å²) in [7, 11) is 1.40.